The maximum atomic E-state index is 14.0. The maximum Gasteiger partial charge on any atom is 0.412 e. The van der Waals surface area contributed by atoms with Gasteiger partial charge < -0.3 is 23.8 Å². The summed E-state index contributed by atoms with van der Waals surface area (Å²) in [5, 5.41) is 2.91. The Bertz CT molecular complexity index is 2440. The normalized spacial score (nSPS) is 25.5. The zero-order chi connectivity index (χ0) is 47.9. The van der Waals surface area contributed by atoms with E-state index in [2.05, 4.69) is 15.1 Å². The number of anilines is 2. The van der Waals surface area contributed by atoms with Crippen molar-refractivity contribution in [2.75, 3.05) is 75.6 Å². The fourth-order valence-electron chi connectivity index (χ4n) is 11.8. The molecule has 9 rings (SSSR count). The minimum absolute atomic E-state index is 0. The number of aliphatic imine (C=N–C) groups is 1. The molecule has 14 nitrogen and oxygen atoms in total. The summed E-state index contributed by atoms with van der Waals surface area (Å²) in [6, 6.07) is 22.0. The SMILES string of the molecule is CCOc1ccccc1N1C(=O)C2C=CC=CC2=NC1CN1CCN(C(=O)COc2ccc(CS(=O)CCCCCCN3C4CCCC45CC(OC(=O)Nc4cc(C)ccc4OC)CC35)cc2)CC1.[HH]. The van der Waals surface area contributed by atoms with Crippen molar-refractivity contribution in [2.24, 2.45) is 16.3 Å². The molecule has 3 aromatic rings. The van der Waals surface area contributed by atoms with E-state index in [-0.39, 0.29) is 31.4 Å². The van der Waals surface area contributed by atoms with Crippen LogP contribution in [0.5, 0.6) is 17.2 Å². The van der Waals surface area contributed by atoms with Crippen molar-refractivity contribution in [3.05, 3.63) is 102 Å². The lowest BCUT2D eigenvalue weighted by atomic mass is 9.68. The molecule has 15 heteroatoms. The maximum absolute atomic E-state index is 14.0. The molecule has 0 radical (unpaired) electrons. The molecular formula is C54H70N6O8S. The van der Waals surface area contributed by atoms with Crippen molar-refractivity contribution >= 4 is 45.8 Å². The van der Waals surface area contributed by atoms with E-state index in [0.717, 1.165) is 61.9 Å². The molecule has 2 saturated heterocycles. The van der Waals surface area contributed by atoms with E-state index < -0.39 is 29.0 Å². The Hall–Kier alpha value is -5.51. The smallest absolute Gasteiger partial charge is 0.412 e. The monoisotopic (exact) mass is 962 g/mol. The van der Waals surface area contributed by atoms with Crippen LogP contribution >= 0.6 is 0 Å². The van der Waals surface area contributed by atoms with E-state index in [0.29, 0.717) is 91.5 Å². The summed E-state index contributed by atoms with van der Waals surface area (Å²) in [4.78, 5) is 53.8. The van der Waals surface area contributed by atoms with Crippen molar-refractivity contribution in [3.8, 4) is 17.2 Å². The molecule has 2 saturated carbocycles. The number of methoxy groups -OCH3 is 1. The minimum atomic E-state index is -0.961. The fourth-order valence-corrected chi connectivity index (χ4v) is 13.0. The van der Waals surface area contributed by atoms with Gasteiger partial charge in [-0.05, 0) is 106 Å². The second kappa shape index (κ2) is 22.1. The molecule has 3 amide bonds. The number of unbranched alkanes of at least 4 members (excludes halogenated alkanes) is 3. The third-order valence-corrected chi connectivity index (χ3v) is 16.4. The Balaban J connectivity index is 0.00000659. The van der Waals surface area contributed by atoms with Crippen molar-refractivity contribution in [1.29, 1.82) is 0 Å². The summed E-state index contributed by atoms with van der Waals surface area (Å²) in [6.45, 7) is 8.36. The van der Waals surface area contributed by atoms with Gasteiger partial charge in [0.15, 0.2) is 6.61 Å². The second-order valence-corrected chi connectivity index (χ2v) is 20.9. The van der Waals surface area contributed by atoms with Crippen LogP contribution in [0.1, 0.15) is 77.3 Å². The van der Waals surface area contributed by atoms with Gasteiger partial charge in [-0.25, -0.2) is 4.79 Å². The summed E-state index contributed by atoms with van der Waals surface area (Å²) >= 11 is 0. The summed E-state index contributed by atoms with van der Waals surface area (Å²) in [5.41, 5.74) is 4.43. The number of benzene rings is 3. The van der Waals surface area contributed by atoms with E-state index in [1.54, 1.807) is 12.0 Å². The number of fused-ring (bicyclic) bond motifs is 1. The van der Waals surface area contributed by atoms with E-state index in [4.69, 9.17) is 23.9 Å². The predicted octanol–water partition coefficient (Wildman–Crippen LogP) is 8.17. The number of para-hydroxylation sites is 2. The summed E-state index contributed by atoms with van der Waals surface area (Å²) in [5.74, 6) is 2.53. The lowest BCUT2D eigenvalue weighted by molar-refractivity contribution is -0.135. The molecule has 1 N–H and O–H groups in total. The Morgan fingerprint density at radius 2 is 1.75 bits per heavy atom. The molecule has 370 valence electrons. The van der Waals surface area contributed by atoms with Gasteiger partial charge in [0.25, 0.3) is 5.91 Å². The molecular weight excluding hydrogens is 893 g/mol. The average Bonchev–Trinajstić information content (AvgIpc) is 3.87. The van der Waals surface area contributed by atoms with Crippen LogP contribution in [-0.4, -0.2) is 132 Å². The second-order valence-electron chi connectivity index (χ2n) is 19.4. The van der Waals surface area contributed by atoms with Crippen LogP contribution in [-0.2, 0) is 30.9 Å². The first kappa shape index (κ1) is 48.5. The number of carbonyl (C=O) groups is 3. The molecule has 7 atom stereocenters. The van der Waals surface area contributed by atoms with Gasteiger partial charge in [0, 0.05) is 80.4 Å². The van der Waals surface area contributed by atoms with Crippen molar-refractivity contribution in [3.63, 3.8) is 0 Å². The Labute approximate surface area is 411 Å². The van der Waals surface area contributed by atoms with Gasteiger partial charge in [0.05, 0.1) is 36.7 Å². The number of nitrogens with zero attached hydrogens (tertiary/aromatic N) is 5. The molecule has 4 fully saturated rings. The van der Waals surface area contributed by atoms with Gasteiger partial charge in [-0.2, -0.15) is 0 Å². The summed E-state index contributed by atoms with van der Waals surface area (Å²) < 4.78 is 36.3. The van der Waals surface area contributed by atoms with Gasteiger partial charge in [0.1, 0.15) is 29.5 Å². The molecule has 6 aliphatic rings. The lowest BCUT2D eigenvalue weighted by Gasteiger charge is -2.58. The van der Waals surface area contributed by atoms with Crippen LogP contribution in [0.25, 0.3) is 0 Å². The molecule has 3 aliphatic carbocycles. The topological polar surface area (TPSA) is 143 Å². The largest absolute Gasteiger partial charge is 0.495 e. The van der Waals surface area contributed by atoms with Gasteiger partial charge in [-0.3, -0.25) is 38.8 Å². The minimum Gasteiger partial charge on any atom is -0.495 e. The number of nitrogens with one attached hydrogen (secondary N) is 1. The first-order chi connectivity index (χ1) is 33.6. The Morgan fingerprint density at radius 1 is 0.942 bits per heavy atom. The third kappa shape index (κ3) is 11.0. The van der Waals surface area contributed by atoms with Gasteiger partial charge in [-0.15, -0.1) is 0 Å². The van der Waals surface area contributed by atoms with E-state index >= 15 is 0 Å². The fraction of sp³-hybridized carbons (Fsp3) is 0.519. The Kier molecular flexibility index (Phi) is 15.5. The van der Waals surface area contributed by atoms with Crippen molar-refractivity contribution in [1.82, 2.24) is 14.7 Å². The number of rotatable bonds is 20. The van der Waals surface area contributed by atoms with Crippen LogP contribution in [0.2, 0.25) is 0 Å². The predicted molar refractivity (Wildman–Crippen MR) is 272 cm³/mol. The first-order valence-electron chi connectivity index (χ1n) is 25.0. The molecule has 69 heavy (non-hydrogen) atoms. The molecule has 1 spiro atoms. The van der Waals surface area contributed by atoms with Crippen molar-refractivity contribution in [2.45, 2.75) is 102 Å². The zero-order valence-electron chi connectivity index (χ0n) is 40.4. The van der Waals surface area contributed by atoms with Crippen LogP contribution in [0.15, 0.2) is 96.0 Å². The van der Waals surface area contributed by atoms with Gasteiger partial charge >= 0.3 is 6.09 Å². The number of hydrogen-bond acceptors (Lipinski definition) is 11. The van der Waals surface area contributed by atoms with E-state index in [1.165, 1.54) is 19.3 Å². The van der Waals surface area contributed by atoms with E-state index in [1.807, 2.05) is 110 Å². The quantitative estimate of drug-likeness (QED) is 0.110. The van der Waals surface area contributed by atoms with Crippen LogP contribution in [0.3, 0.4) is 0 Å². The third-order valence-electron chi connectivity index (χ3n) is 15.0. The van der Waals surface area contributed by atoms with Crippen molar-refractivity contribution < 1.29 is 39.0 Å². The molecule has 3 aromatic carbocycles. The van der Waals surface area contributed by atoms with Gasteiger partial charge in [-0.1, -0.05) is 67.8 Å². The van der Waals surface area contributed by atoms with Gasteiger partial charge in [0.2, 0.25) is 5.91 Å². The number of allylic oxidation sites excluding steroid dienone is 3. The zero-order valence-corrected chi connectivity index (χ0v) is 41.2. The Morgan fingerprint density at radius 3 is 2.57 bits per heavy atom. The molecule has 0 bridgehead atoms. The molecule has 3 heterocycles. The summed E-state index contributed by atoms with van der Waals surface area (Å²) in [7, 11) is 0.639. The number of carbonyl (C=O) groups excluding carboxylic acids is 3. The highest BCUT2D eigenvalue weighted by molar-refractivity contribution is 7.84. The number of hydrogen-bond donors (Lipinski definition) is 1. The molecule has 3 aliphatic heterocycles. The first-order valence-corrected chi connectivity index (χ1v) is 26.5. The highest BCUT2D eigenvalue weighted by atomic mass is 32.2. The highest BCUT2D eigenvalue weighted by Crippen LogP contribution is 2.63. The standard InChI is InChI=1S/C54H68N6O8S.H2/c1-4-66-47-17-10-9-16-45(47)60-50(55-43-15-8-7-14-42(43)52(60)62)35-57-27-29-58(30-28-57)51(61)36-67-40-22-20-39(21-23-40)37-69(64)31-12-6-5-11-26-59-48-18-13-25-54(48)34-41(33-49(54)59)68-53(63)56-44-32-38(2)19-24-46(44)65-3;/h7-10,14-17,19-24,32,41-42,48-50H,4-6,11-13,18,25-31,33-37H2,1-3H3,(H,56,63);1H. The summed E-state index contributed by atoms with van der Waals surface area (Å²) in [6.07, 6.45) is 16.5. The lowest BCUT2D eigenvalue weighted by Crippen LogP contribution is -2.66. The number of amides is 3. The molecule has 0 aromatic heterocycles. The number of aryl methyl sites for hydroxylation is 1. The van der Waals surface area contributed by atoms with Crippen LogP contribution in [0, 0.1) is 18.3 Å². The number of likely N-dealkylation sites (tertiary alicyclic amines) is 1. The average molecular weight is 963 g/mol. The molecule has 7 unspecified atom stereocenters. The van der Waals surface area contributed by atoms with Crippen LogP contribution in [0.4, 0.5) is 16.2 Å². The highest BCUT2D eigenvalue weighted by Gasteiger charge is 2.66. The number of ether oxygens (including phenoxy) is 4. The van der Waals surface area contributed by atoms with Crippen LogP contribution < -0.4 is 24.4 Å². The number of piperazine rings is 1. The van der Waals surface area contributed by atoms with E-state index in [9.17, 15) is 18.6 Å².